The number of carbonyl (C=O) groups is 1. The predicted molar refractivity (Wildman–Crippen MR) is 82.1 cm³/mol. The van der Waals surface area contributed by atoms with Gasteiger partial charge in [-0.05, 0) is 24.5 Å². The molecule has 0 radical (unpaired) electrons. The number of aliphatic carboxylic acids is 1. The first-order chi connectivity index (χ1) is 9.44. The molecule has 108 valence electrons. The molecule has 1 aromatic rings. The average molecular weight is 273 g/mol. The summed E-state index contributed by atoms with van der Waals surface area (Å²) in [5, 5.41) is 8.64. The van der Waals surface area contributed by atoms with Gasteiger partial charge in [0.15, 0.2) is 0 Å². The van der Waals surface area contributed by atoms with Crippen molar-refractivity contribution in [1.29, 1.82) is 0 Å². The number of benzene rings is 1. The van der Waals surface area contributed by atoms with E-state index in [-0.39, 0.29) is 11.8 Å². The first-order valence-corrected chi connectivity index (χ1v) is 7.23. The van der Waals surface area contributed by atoms with Crippen molar-refractivity contribution < 1.29 is 9.90 Å². The molecule has 3 nitrogen and oxygen atoms in total. The first kappa shape index (κ1) is 14.6. The van der Waals surface area contributed by atoms with E-state index < -0.39 is 5.97 Å². The van der Waals surface area contributed by atoms with E-state index in [2.05, 4.69) is 49.6 Å². The molecular weight excluding hydrogens is 250 g/mol. The Morgan fingerprint density at radius 2 is 1.95 bits per heavy atom. The molecule has 0 aliphatic carbocycles. The largest absolute Gasteiger partial charge is 0.481 e. The summed E-state index contributed by atoms with van der Waals surface area (Å²) >= 11 is 0. The molecule has 0 bridgehead atoms. The Morgan fingerprint density at radius 1 is 1.25 bits per heavy atom. The lowest BCUT2D eigenvalue weighted by Crippen LogP contribution is -2.26. The van der Waals surface area contributed by atoms with E-state index in [0.29, 0.717) is 0 Å². The van der Waals surface area contributed by atoms with Gasteiger partial charge in [0, 0.05) is 29.8 Å². The van der Waals surface area contributed by atoms with Crippen LogP contribution in [0.5, 0.6) is 0 Å². The van der Waals surface area contributed by atoms with Crippen molar-refractivity contribution in [3.63, 3.8) is 0 Å². The number of unbranched alkanes of at least 4 members (excludes halogenated alkanes) is 2. The molecule has 1 aliphatic rings. The minimum atomic E-state index is -0.706. The van der Waals surface area contributed by atoms with Crippen molar-refractivity contribution in [2.75, 3.05) is 11.4 Å². The maximum atomic E-state index is 10.5. The van der Waals surface area contributed by atoms with Gasteiger partial charge in [-0.1, -0.05) is 45.0 Å². The van der Waals surface area contributed by atoms with Gasteiger partial charge in [-0.3, -0.25) is 4.79 Å². The molecule has 1 aromatic carbocycles. The Morgan fingerprint density at radius 3 is 2.65 bits per heavy atom. The van der Waals surface area contributed by atoms with Crippen LogP contribution in [0, 0.1) is 0 Å². The van der Waals surface area contributed by atoms with Gasteiger partial charge in [0.1, 0.15) is 0 Å². The Kier molecular flexibility index (Phi) is 4.17. The van der Waals surface area contributed by atoms with Gasteiger partial charge >= 0.3 is 5.97 Å². The van der Waals surface area contributed by atoms with Gasteiger partial charge in [0.25, 0.3) is 0 Å². The summed E-state index contributed by atoms with van der Waals surface area (Å²) in [4.78, 5) is 12.8. The maximum Gasteiger partial charge on any atom is 0.303 e. The molecule has 1 aliphatic heterocycles. The van der Waals surface area contributed by atoms with Crippen LogP contribution in [-0.2, 0) is 10.2 Å². The van der Waals surface area contributed by atoms with Crippen molar-refractivity contribution in [3.8, 4) is 0 Å². The number of allylic oxidation sites excluding steroid dienone is 1. The number of fused-ring (bicyclic) bond motifs is 1. The van der Waals surface area contributed by atoms with Crippen LogP contribution in [0.25, 0.3) is 0 Å². The third-order valence-corrected chi connectivity index (χ3v) is 4.19. The second kappa shape index (κ2) is 5.70. The second-order valence-corrected chi connectivity index (χ2v) is 5.94. The Bertz CT molecular complexity index is 519. The zero-order valence-corrected chi connectivity index (χ0v) is 12.4. The fraction of sp³-hybridized carbons (Fsp3) is 0.471. The van der Waals surface area contributed by atoms with E-state index in [4.69, 9.17) is 5.11 Å². The first-order valence-electron chi connectivity index (χ1n) is 7.23. The highest BCUT2D eigenvalue weighted by atomic mass is 16.4. The second-order valence-electron chi connectivity index (χ2n) is 5.94. The minimum Gasteiger partial charge on any atom is -0.481 e. The standard InChI is InChI=1S/C17H23NO2/c1-13-17(2,3)14-9-6-7-10-15(14)18(13)12-8-4-5-11-16(19)20/h6-7,9-10H,1,4-5,8,11-12H2,2-3H3,(H,19,20). The number of hydrogen-bond acceptors (Lipinski definition) is 2. The number of carboxylic acid groups (broad SMARTS) is 1. The minimum absolute atomic E-state index is 0.0162. The van der Waals surface area contributed by atoms with Gasteiger partial charge in [-0.2, -0.15) is 0 Å². The molecule has 1 N–H and O–H groups in total. The third-order valence-electron chi connectivity index (χ3n) is 4.19. The Labute approximate surface area is 120 Å². The summed E-state index contributed by atoms with van der Waals surface area (Å²) in [6.45, 7) is 9.59. The van der Waals surface area contributed by atoms with E-state index >= 15 is 0 Å². The topological polar surface area (TPSA) is 40.5 Å². The number of para-hydroxylation sites is 1. The highest BCUT2D eigenvalue weighted by Gasteiger charge is 2.38. The van der Waals surface area contributed by atoms with Gasteiger partial charge < -0.3 is 10.0 Å². The van der Waals surface area contributed by atoms with Gasteiger partial charge in [0.05, 0.1) is 0 Å². The highest BCUT2D eigenvalue weighted by Crippen LogP contribution is 2.46. The summed E-state index contributed by atoms with van der Waals surface area (Å²) in [6, 6.07) is 8.45. The molecule has 2 rings (SSSR count). The smallest absolute Gasteiger partial charge is 0.303 e. The van der Waals surface area contributed by atoms with Crippen LogP contribution in [-0.4, -0.2) is 17.6 Å². The normalized spacial score (nSPS) is 16.3. The molecule has 0 fully saturated rings. The number of anilines is 1. The van der Waals surface area contributed by atoms with E-state index in [1.807, 2.05) is 0 Å². The molecule has 3 heteroatoms. The van der Waals surface area contributed by atoms with E-state index in [1.165, 1.54) is 11.3 Å². The van der Waals surface area contributed by atoms with E-state index in [1.54, 1.807) is 0 Å². The van der Waals surface area contributed by atoms with Crippen molar-refractivity contribution in [2.45, 2.75) is 44.9 Å². The molecule has 0 unspecified atom stereocenters. The fourth-order valence-electron chi connectivity index (χ4n) is 2.85. The van der Waals surface area contributed by atoms with Crippen molar-refractivity contribution in [2.24, 2.45) is 0 Å². The van der Waals surface area contributed by atoms with Crippen LogP contribution in [0.15, 0.2) is 36.5 Å². The summed E-state index contributed by atoms with van der Waals surface area (Å²) in [5.41, 5.74) is 3.70. The molecular formula is C17H23NO2. The summed E-state index contributed by atoms with van der Waals surface area (Å²) in [7, 11) is 0. The summed E-state index contributed by atoms with van der Waals surface area (Å²) < 4.78 is 0. The third kappa shape index (κ3) is 2.72. The quantitative estimate of drug-likeness (QED) is 0.798. The number of nitrogens with zero attached hydrogens (tertiary/aromatic N) is 1. The summed E-state index contributed by atoms with van der Waals surface area (Å²) in [6.07, 6.45) is 2.96. The van der Waals surface area contributed by atoms with E-state index in [0.717, 1.165) is 31.5 Å². The monoisotopic (exact) mass is 273 g/mol. The molecule has 0 spiro atoms. The van der Waals surface area contributed by atoms with E-state index in [9.17, 15) is 4.79 Å². The Hall–Kier alpha value is -1.77. The average Bonchev–Trinajstić information content (AvgIpc) is 2.59. The van der Waals surface area contributed by atoms with Crippen molar-refractivity contribution >= 4 is 11.7 Å². The van der Waals surface area contributed by atoms with Crippen LogP contribution in [0.2, 0.25) is 0 Å². The van der Waals surface area contributed by atoms with Gasteiger partial charge in [-0.25, -0.2) is 0 Å². The molecule has 0 saturated heterocycles. The molecule has 0 saturated carbocycles. The van der Waals surface area contributed by atoms with Crippen LogP contribution in [0.1, 0.15) is 45.1 Å². The zero-order valence-electron chi connectivity index (χ0n) is 12.4. The molecule has 0 atom stereocenters. The number of carboxylic acids is 1. The van der Waals surface area contributed by atoms with Crippen LogP contribution >= 0.6 is 0 Å². The molecule has 20 heavy (non-hydrogen) atoms. The molecule has 0 amide bonds. The molecule has 0 aromatic heterocycles. The van der Waals surface area contributed by atoms with Gasteiger partial charge in [-0.15, -0.1) is 0 Å². The lowest BCUT2D eigenvalue weighted by atomic mass is 9.84. The lowest BCUT2D eigenvalue weighted by Gasteiger charge is -2.25. The predicted octanol–water partition coefficient (Wildman–Crippen LogP) is 3.94. The van der Waals surface area contributed by atoms with Crippen molar-refractivity contribution in [3.05, 3.63) is 42.1 Å². The number of rotatable bonds is 6. The number of hydrogen-bond donors (Lipinski definition) is 1. The maximum absolute atomic E-state index is 10.5. The molecule has 1 heterocycles. The fourth-order valence-corrected chi connectivity index (χ4v) is 2.85. The highest BCUT2D eigenvalue weighted by molar-refractivity contribution is 5.69. The van der Waals surface area contributed by atoms with Gasteiger partial charge in [0.2, 0.25) is 0 Å². The Balaban J connectivity index is 1.99. The summed E-state index contributed by atoms with van der Waals surface area (Å²) in [5.74, 6) is -0.706. The zero-order chi connectivity index (χ0) is 14.8. The van der Waals surface area contributed by atoms with Crippen LogP contribution < -0.4 is 4.90 Å². The van der Waals surface area contributed by atoms with Crippen molar-refractivity contribution in [1.82, 2.24) is 0 Å². The SMILES string of the molecule is C=C1N(CCCCCC(=O)O)c2ccccc2C1(C)C. The van der Waals surface area contributed by atoms with Crippen LogP contribution in [0.4, 0.5) is 5.69 Å². The lowest BCUT2D eigenvalue weighted by molar-refractivity contribution is -0.137. The van der Waals surface area contributed by atoms with Crippen LogP contribution in [0.3, 0.4) is 0 Å².